The minimum absolute atomic E-state index is 0.0721. The number of carbonyl (C=O) groups excluding carboxylic acids is 2. The number of carbonyl (C=O) groups is 2. The summed E-state index contributed by atoms with van der Waals surface area (Å²) in [6.45, 7) is 3.78. The van der Waals surface area contributed by atoms with Gasteiger partial charge in [-0.05, 0) is 30.7 Å². The Kier molecular flexibility index (Phi) is 4.99. The number of amides is 2. The highest BCUT2D eigenvalue weighted by Crippen LogP contribution is 2.21. The number of pyridine rings is 1. The van der Waals surface area contributed by atoms with Crippen molar-refractivity contribution in [3.63, 3.8) is 0 Å². The number of nitrogens with two attached hydrogens (primary N) is 1. The number of nitrogens with zero attached hydrogens (tertiary/aromatic N) is 5. The first-order valence-electron chi connectivity index (χ1n) is 9.44. The lowest BCUT2D eigenvalue weighted by atomic mass is 10.2. The summed E-state index contributed by atoms with van der Waals surface area (Å²) < 4.78 is 1.59. The van der Waals surface area contributed by atoms with Crippen molar-refractivity contribution in [1.82, 2.24) is 24.6 Å². The molecular weight excluding hydrogens is 368 g/mol. The van der Waals surface area contributed by atoms with Crippen molar-refractivity contribution in [2.75, 3.05) is 31.9 Å². The molecule has 2 amide bonds. The molecule has 2 aromatic heterocycles. The number of nitrogen functional groups attached to an aromatic ring is 1. The number of anilines is 1. The summed E-state index contributed by atoms with van der Waals surface area (Å²) in [6, 6.07) is 11.2. The second-order valence-corrected chi connectivity index (χ2v) is 6.97. The van der Waals surface area contributed by atoms with E-state index in [0.29, 0.717) is 43.1 Å². The molecule has 1 aliphatic rings. The van der Waals surface area contributed by atoms with Gasteiger partial charge in [-0.3, -0.25) is 14.6 Å². The number of hydrogen-bond acceptors (Lipinski definition) is 5. The molecule has 3 aromatic rings. The fourth-order valence-corrected chi connectivity index (χ4v) is 3.47. The molecule has 8 heteroatoms. The zero-order chi connectivity index (χ0) is 20.4. The van der Waals surface area contributed by atoms with Crippen LogP contribution in [-0.4, -0.2) is 62.6 Å². The molecule has 1 aliphatic heterocycles. The Morgan fingerprint density at radius 2 is 1.62 bits per heavy atom. The second-order valence-electron chi connectivity index (χ2n) is 6.97. The number of aromatic nitrogens is 3. The van der Waals surface area contributed by atoms with E-state index in [1.165, 1.54) is 6.20 Å². The Labute approximate surface area is 168 Å². The first-order valence-corrected chi connectivity index (χ1v) is 9.44. The summed E-state index contributed by atoms with van der Waals surface area (Å²) in [5.41, 5.74) is 9.03. The molecular formula is C21H22N6O2. The molecule has 0 spiro atoms. The third-order valence-corrected chi connectivity index (χ3v) is 5.14. The van der Waals surface area contributed by atoms with Gasteiger partial charge in [0, 0.05) is 38.6 Å². The molecule has 29 heavy (non-hydrogen) atoms. The van der Waals surface area contributed by atoms with Gasteiger partial charge in [0.05, 0.1) is 17.4 Å². The molecule has 3 heterocycles. The molecule has 0 bridgehead atoms. The molecule has 1 aromatic carbocycles. The van der Waals surface area contributed by atoms with E-state index in [2.05, 4.69) is 10.1 Å². The molecule has 1 fully saturated rings. The van der Waals surface area contributed by atoms with Gasteiger partial charge >= 0.3 is 0 Å². The monoisotopic (exact) mass is 390 g/mol. The molecule has 8 nitrogen and oxygen atoms in total. The van der Waals surface area contributed by atoms with Crippen molar-refractivity contribution in [3.8, 4) is 5.69 Å². The smallest absolute Gasteiger partial charge is 0.259 e. The first-order chi connectivity index (χ1) is 14.1. The van der Waals surface area contributed by atoms with Crippen molar-refractivity contribution >= 4 is 17.6 Å². The Balaban J connectivity index is 1.45. The molecule has 148 valence electrons. The summed E-state index contributed by atoms with van der Waals surface area (Å²) in [4.78, 5) is 33.0. The van der Waals surface area contributed by atoms with E-state index in [0.717, 1.165) is 11.3 Å². The third kappa shape index (κ3) is 3.56. The summed E-state index contributed by atoms with van der Waals surface area (Å²) >= 11 is 0. The van der Waals surface area contributed by atoms with Crippen molar-refractivity contribution in [1.29, 1.82) is 0 Å². The summed E-state index contributed by atoms with van der Waals surface area (Å²) in [5, 5.41) is 4.32. The maximum atomic E-state index is 13.0. The van der Waals surface area contributed by atoms with E-state index in [1.807, 2.05) is 31.2 Å². The van der Waals surface area contributed by atoms with Crippen LogP contribution in [0.2, 0.25) is 0 Å². The SMILES string of the molecule is Cc1ccccc1-n1ncc(C(=O)N2CCN(C(=O)c3cccnc3)CC2)c1N. The number of benzene rings is 1. The van der Waals surface area contributed by atoms with Crippen LogP contribution in [0.3, 0.4) is 0 Å². The Hall–Kier alpha value is -3.68. The van der Waals surface area contributed by atoms with Crippen molar-refractivity contribution in [3.05, 3.63) is 71.7 Å². The average molecular weight is 390 g/mol. The molecule has 0 atom stereocenters. The number of para-hydroxylation sites is 1. The minimum Gasteiger partial charge on any atom is -0.383 e. The molecule has 2 N–H and O–H groups in total. The molecule has 0 aliphatic carbocycles. The quantitative estimate of drug-likeness (QED) is 0.735. The maximum Gasteiger partial charge on any atom is 0.259 e. The summed E-state index contributed by atoms with van der Waals surface area (Å²) in [6.07, 6.45) is 4.70. The summed E-state index contributed by atoms with van der Waals surface area (Å²) in [7, 11) is 0. The van der Waals surface area contributed by atoms with Gasteiger partial charge in [0.2, 0.25) is 0 Å². The predicted molar refractivity (Wildman–Crippen MR) is 109 cm³/mol. The largest absolute Gasteiger partial charge is 0.383 e. The maximum absolute atomic E-state index is 13.0. The van der Waals surface area contributed by atoms with E-state index in [1.54, 1.807) is 39.0 Å². The molecule has 4 rings (SSSR count). The van der Waals surface area contributed by atoms with Crippen molar-refractivity contribution < 1.29 is 9.59 Å². The predicted octanol–water partition coefficient (Wildman–Crippen LogP) is 1.76. The lowest BCUT2D eigenvalue weighted by Gasteiger charge is -2.34. The van der Waals surface area contributed by atoms with Gasteiger partial charge in [0.1, 0.15) is 11.4 Å². The van der Waals surface area contributed by atoms with E-state index >= 15 is 0 Å². The Bertz CT molecular complexity index is 1040. The van der Waals surface area contributed by atoms with Crippen LogP contribution in [0.1, 0.15) is 26.3 Å². The van der Waals surface area contributed by atoms with Crippen molar-refractivity contribution in [2.45, 2.75) is 6.92 Å². The highest BCUT2D eigenvalue weighted by Gasteiger charge is 2.28. The topological polar surface area (TPSA) is 97.4 Å². The van der Waals surface area contributed by atoms with Gasteiger partial charge in [-0.1, -0.05) is 18.2 Å². The van der Waals surface area contributed by atoms with E-state index < -0.39 is 0 Å². The molecule has 1 saturated heterocycles. The highest BCUT2D eigenvalue weighted by atomic mass is 16.2. The highest BCUT2D eigenvalue weighted by molar-refractivity contribution is 5.99. The molecule has 0 unspecified atom stereocenters. The second kappa shape index (κ2) is 7.75. The van der Waals surface area contributed by atoms with Crippen LogP contribution in [0.15, 0.2) is 55.0 Å². The van der Waals surface area contributed by atoms with E-state index in [9.17, 15) is 9.59 Å². The van der Waals surface area contributed by atoms with Crippen molar-refractivity contribution in [2.24, 2.45) is 0 Å². The van der Waals surface area contributed by atoms with Crippen LogP contribution in [0.4, 0.5) is 5.82 Å². The number of piperazine rings is 1. The average Bonchev–Trinajstić information content (AvgIpc) is 3.15. The lowest BCUT2D eigenvalue weighted by molar-refractivity contribution is 0.0536. The van der Waals surface area contributed by atoms with Crippen LogP contribution in [0.5, 0.6) is 0 Å². The minimum atomic E-state index is -0.171. The van der Waals surface area contributed by atoms with Gasteiger partial charge in [-0.25, -0.2) is 4.68 Å². The number of hydrogen-bond donors (Lipinski definition) is 1. The van der Waals surface area contributed by atoms with Crippen LogP contribution < -0.4 is 5.73 Å². The molecule has 0 radical (unpaired) electrons. The fraction of sp³-hybridized carbons (Fsp3) is 0.238. The summed E-state index contributed by atoms with van der Waals surface area (Å²) in [5.74, 6) is 0.0751. The number of rotatable bonds is 3. The Morgan fingerprint density at radius 1 is 0.931 bits per heavy atom. The van der Waals surface area contributed by atoms with Gasteiger partial charge in [0.25, 0.3) is 11.8 Å². The van der Waals surface area contributed by atoms with E-state index in [4.69, 9.17) is 5.73 Å². The zero-order valence-electron chi connectivity index (χ0n) is 16.2. The zero-order valence-corrected chi connectivity index (χ0v) is 16.2. The van der Waals surface area contributed by atoms with E-state index in [-0.39, 0.29) is 11.8 Å². The van der Waals surface area contributed by atoms with Gasteiger partial charge < -0.3 is 15.5 Å². The third-order valence-electron chi connectivity index (χ3n) is 5.14. The standard InChI is InChI=1S/C21H22N6O2/c1-15-5-2-3-7-18(15)27-19(22)17(14-24-27)21(29)26-11-9-25(10-12-26)20(28)16-6-4-8-23-13-16/h2-8,13-14H,9-12,22H2,1H3. The van der Waals surface area contributed by atoms with Gasteiger partial charge in [0.15, 0.2) is 0 Å². The van der Waals surface area contributed by atoms with Crippen LogP contribution >= 0.6 is 0 Å². The van der Waals surface area contributed by atoms with Gasteiger partial charge in [-0.15, -0.1) is 0 Å². The first kappa shape index (κ1) is 18.7. The van der Waals surface area contributed by atoms with Crippen LogP contribution in [0, 0.1) is 6.92 Å². The Morgan fingerprint density at radius 3 is 2.28 bits per heavy atom. The molecule has 0 saturated carbocycles. The van der Waals surface area contributed by atoms with Gasteiger partial charge in [-0.2, -0.15) is 5.10 Å². The normalized spacial score (nSPS) is 14.1. The lowest BCUT2D eigenvalue weighted by Crippen LogP contribution is -2.50. The van der Waals surface area contributed by atoms with Crippen LogP contribution in [-0.2, 0) is 0 Å². The fourth-order valence-electron chi connectivity index (χ4n) is 3.47. The van der Waals surface area contributed by atoms with Crippen LogP contribution in [0.25, 0.3) is 5.69 Å². The number of aryl methyl sites for hydroxylation is 1.